The second-order valence-electron chi connectivity index (χ2n) is 5.20. The molecule has 112 valence electrons. The molecule has 1 heterocycles. The van der Waals surface area contributed by atoms with Crippen LogP contribution in [0.5, 0.6) is 0 Å². The fourth-order valence-corrected chi connectivity index (χ4v) is 2.65. The smallest absolute Gasteiger partial charge is 0.161 e. The first kappa shape index (κ1) is 16.0. The average Bonchev–Trinajstić information content (AvgIpc) is 2.47. The van der Waals surface area contributed by atoms with E-state index in [1.807, 2.05) is 0 Å². The zero-order chi connectivity index (χ0) is 15.4. The fraction of sp³-hybridized carbons (Fsp3) is 0.412. The van der Waals surface area contributed by atoms with Crippen molar-refractivity contribution >= 4 is 21.7 Å². The number of nitrogens with one attached hydrogen (secondary N) is 1. The largest absolute Gasteiger partial charge is 0.370 e. The van der Waals surface area contributed by atoms with Crippen LogP contribution >= 0.6 is 15.9 Å². The Balaban J connectivity index is 2.48. The Morgan fingerprint density at radius 2 is 1.90 bits per heavy atom. The molecule has 3 nitrogen and oxygen atoms in total. The SMILES string of the molecule is CCCNc1nc(-c2ccc(C)c(Br)c2)nc(C)c1CC. The summed E-state index contributed by atoms with van der Waals surface area (Å²) in [6.45, 7) is 9.37. The summed E-state index contributed by atoms with van der Waals surface area (Å²) in [6.07, 6.45) is 2.02. The molecule has 1 aromatic heterocycles. The molecule has 0 unspecified atom stereocenters. The van der Waals surface area contributed by atoms with Crippen LogP contribution in [0, 0.1) is 13.8 Å². The number of nitrogens with zero attached hydrogens (tertiary/aromatic N) is 2. The molecule has 2 aromatic rings. The van der Waals surface area contributed by atoms with Gasteiger partial charge in [0.2, 0.25) is 0 Å². The predicted octanol–water partition coefficient (Wildman–Crippen LogP) is 4.91. The van der Waals surface area contributed by atoms with Gasteiger partial charge in [-0.05, 0) is 38.3 Å². The van der Waals surface area contributed by atoms with E-state index >= 15 is 0 Å². The number of halogens is 1. The Bertz CT molecular complexity index is 638. The molecule has 1 N–H and O–H groups in total. The summed E-state index contributed by atoms with van der Waals surface area (Å²) in [5, 5.41) is 3.43. The second kappa shape index (κ2) is 7.03. The van der Waals surface area contributed by atoms with Crippen LogP contribution in [0.2, 0.25) is 0 Å². The number of rotatable bonds is 5. The molecule has 0 radical (unpaired) electrons. The Morgan fingerprint density at radius 3 is 2.52 bits per heavy atom. The van der Waals surface area contributed by atoms with Crippen molar-refractivity contribution in [2.75, 3.05) is 11.9 Å². The number of anilines is 1. The Hall–Kier alpha value is -1.42. The molecule has 0 atom stereocenters. The third kappa shape index (κ3) is 3.62. The molecule has 0 aliphatic carbocycles. The van der Waals surface area contributed by atoms with E-state index in [1.165, 1.54) is 11.1 Å². The van der Waals surface area contributed by atoms with Crippen molar-refractivity contribution in [3.8, 4) is 11.4 Å². The number of aryl methyl sites for hydroxylation is 2. The Labute approximate surface area is 135 Å². The van der Waals surface area contributed by atoms with Gasteiger partial charge in [-0.15, -0.1) is 0 Å². The minimum Gasteiger partial charge on any atom is -0.370 e. The molecule has 4 heteroatoms. The standard InChI is InChI=1S/C17H22BrN3/c1-5-9-19-17-14(6-2)12(4)20-16(21-17)13-8-7-11(3)15(18)10-13/h7-8,10H,5-6,9H2,1-4H3,(H,19,20,21). The molecule has 0 aliphatic heterocycles. The maximum atomic E-state index is 4.74. The van der Waals surface area contributed by atoms with E-state index in [0.29, 0.717) is 0 Å². The first-order valence-corrected chi connectivity index (χ1v) is 8.24. The zero-order valence-electron chi connectivity index (χ0n) is 13.1. The number of benzene rings is 1. The average molecular weight is 348 g/mol. The van der Waals surface area contributed by atoms with Crippen molar-refractivity contribution in [1.29, 1.82) is 0 Å². The van der Waals surface area contributed by atoms with E-state index in [2.05, 4.69) is 72.1 Å². The quantitative estimate of drug-likeness (QED) is 0.834. The van der Waals surface area contributed by atoms with Crippen LogP contribution in [0.25, 0.3) is 11.4 Å². The summed E-state index contributed by atoms with van der Waals surface area (Å²) in [5.41, 5.74) is 4.51. The van der Waals surface area contributed by atoms with Gasteiger partial charge in [0.1, 0.15) is 5.82 Å². The van der Waals surface area contributed by atoms with Gasteiger partial charge in [0.15, 0.2) is 5.82 Å². The molecule has 21 heavy (non-hydrogen) atoms. The van der Waals surface area contributed by atoms with Gasteiger partial charge in [-0.3, -0.25) is 0 Å². The lowest BCUT2D eigenvalue weighted by Gasteiger charge is -2.14. The van der Waals surface area contributed by atoms with Crippen molar-refractivity contribution in [3.05, 3.63) is 39.5 Å². The third-order valence-corrected chi connectivity index (χ3v) is 4.39. The van der Waals surface area contributed by atoms with Gasteiger partial charge >= 0.3 is 0 Å². The minimum absolute atomic E-state index is 0.781. The van der Waals surface area contributed by atoms with Gasteiger partial charge < -0.3 is 5.32 Å². The first-order valence-electron chi connectivity index (χ1n) is 7.44. The molecule has 2 rings (SSSR count). The lowest BCUT2D eigenvalue weighted by molar-refractivity contribution is 0.938. The minimum atomic E-state index is 0.781. The van der Waals surface area contributed by atoms with Gasteiger partial charge in [-0.25, -0.2) is 9.97 Å². The van der Waals surface area contributed by atoms with E-state index in [1.54, 1.807) is 0 Å². The molecule has 0 saturated carbocycles. The Morgan fingerprint density at radius 1 is 1.14 bits per heavy atom. The van der Waals surface area contributed by atoms with Crippen molar-refractivity contribution in [2.45, 2.75) is 40.5 Å². The van der Waals surface area contributed by atoms with Crippen LogP contribution in [0.3, 0.4) is 0 Å². The number of hydrogen-bond acceptors (Lipinski definition) is 3. The van der Waals surface area contributed by atoms with Crippen LogP contribution in [-0.2, 0) is 6.42 Å². The molecule has 0 bridgehead atoms. The van der Waals surface area contributed by atoms with Gasteiger partial charge in [0, 0.05) is 27.8 Å². The monoisotopic (exact) mass is 347 g/mol. The highest BCUT2D eigenvalue weighted by molar-refractivity contribution is 9.10. The molecule has 0 amide bonds. The molecule has 0 saturated heterocycles. The van der Waals surface area contributed by atoms with Crippen LogP contribution < -0.4 is 5.32 Å². The zero-order valence-corrected chi connectivity index (χ0v) is 14.7. The molecular formula is C17H22BrN3. The van der Waals surface area contributed by atoms with Gasteiger partial charge in [0.25, 0.3) is 0 Å². The highest BCUT2D eigenvalue weighted by Crippen LogP contribution is 2.26. The van der Waals surface area contributed by atoms with E-state index < -0.39 is 0 Å². The predicted molar refractivity (Wildman–Crippen MR) is 92.8 cm³/mol. The molecule has 0 spiro atoms. The van der Waals surface area contributed by atoms with Crippen LogP contribution in [-0.4, -0.2) is 16.5 Å². The summed E-state index contributed by atoms with van der Waals surface area (Å²) >= 11 is 3.58. The van der Waals surface area contributed by atoms with E-state index in [4.69, 9.17) is 4.98 Å². The fourth-order valence-electron chi connectivity index (χ4n) is 2.27. The lowest BCUT2D eigenvalue weighted by atomic mass is 10.1. The van der Waals surface area contributed by atoms with Crippen LogP contribution in [0.4, 0.5) is 5.82 Å². The van der Waals surface area contributed by atoms with E-state index in [-0.39, 0.29) is 0 Å². The van der Waals surface area contributed by atoms with E-state index in [9.17, 15) is 0 Å². The maximum absolute atomic E-state index is 4.74. The lowest BCUT2D eigenvalue weighted by Crippen LogP contribution is -2.09. The summed E-state index contributed by atoms with van der Waals surface area (Å²) in [4.78, 5) is 9.42. The molecule has 1 aromatic carbocycles. The highest BCUT2D eigenvalue weighted by Gasteiger charge is 2.12. The van der Waals surface area contributed by atoms with Crippen molar-refractivity contribution in [1.82, 2.24) is 9.97 Å². The van der Waals surface area contributed by atoms with Gasteiger partial charge in [0.05, 0.1) is 0 Å². The van der Waals surface area contributed by atoms with Crippen LogP contribution in [0.1, 0.15) is 37.1 Å². The summed E-state index contributed by atoms with van der Waals surface area (Å²) in [7, 11) is 0. The van der Waals surface area contributed by atoms with Gasteiger partial charge in [-0.1, -0.05) is 41.9 Å². The highest BCUT2D eigenvalue weighted by atomic mass is 79.9. The van der Waals surface area contributed by atoms with Crippen molar-refractivity contribution < 1.29 is 0 Å². The third-order valence-electron chi connectivity index (χ3n) is 3.54. The van der Waals surface area contributed by atoms with E-state index in [0.717, 1.165) is 46.8 Å². The van der Waals surface area contributed by atoms with Crippen molar-refractivity contribution in [3.63, 3.8) is 0 Å². The molecule has 0 aliphatic rings. The summed E-state index contributed by atoms with van der Waals surface area (Å²) < 4.78 is 1.09. The molecular weight excluding hydrogens is 326 g/mol. The van der Waals surface area contributed by atoms with Crippen molar-refractivity contribution in [2.24, 2.45) is 0 Å². The second-order valence-corrected chi connectivity index (χ2v) is 6.06. The topological polar surface area (TPSA) is 37.8 Å². The van der Waals surface area contributed by atoms with Crippen LogP contribution in [0.15, 0.2) is 22.7 Å². The van der Waals surface area contributed by atoms with Gasteiger partial charge in [-0.2, -0.15) is 0 Å². The number of hydrogen-bond donors (Lipinski definition) is 1. The normalized spacial score (nSPS) is 10.7. The molecule has 0 fully saturated rings. The number of aromatic nitrogens is 2. The Kier molecular flexibility index (Phi) is 5.34. The maximum Gasteiger partial charge on any atom is 0.161 e. The summed E-state index contributed by atoms with van der Waals surface area (Å²) in [5.74, 6) is 1.75. The first-order chi connectivity index (χ1) is 10.1. The summed E-state index contributed by atoms with van der Waals surface area (Å²) in [6, 6.07) is 6.24.